The number of benzene rings is 1. The van der Waals surface area contributed by atoms with Crippen LogP contribution in [-0.4, -0.2) is 17.4 Å². The van der Waals surface area contributed by atoms with Crippen LogP contribution in [0, 0.1) is 19.3 Å². The smallest absolute Gasteiger partial charge is 0.226 e. The molecule has 0 aliphatic carbocycles. The molecule has 1 aromatic carbocycles. The van der Waals surface area contributed by atoms with Crippen LogP contribution in [0.4, 0.5) is 0 Å². The first kappa shape index (κ1) is 13.3. The fraction of sp³-hybridized carbons (Fsp3) is 0.200. The van der Waals surface area contributed by atoms with Gasteiger partial charge in [-0.25, -0.2) is 4.98 Å². The lowest BCUT2D eigenvalue weighted by Gasteiger charge is -1.99. The van der Waals surface area contributed by atoms with Crippen LogP contribution >= 0.6 is 11.3 Å². The van der Waals surface area contributed by atoms with E-state index in [1.54, 1.807) is 11.3 Å². The molecular weight excluding hydrogens is 256 g/mol. The van der Waals surface area contributed by atoms with Crippen molar-refractivity contribution in [1.29, 1.82) is 0 Å². The molecule has 0 saturated carbocycles. The second-order valence-corrected chi connectivity index (χ2v) is 5.25. The van der Waals surface area contributed by atoms with E-state index < -0.39 is 0 Å². The van der Waals surface area contributed by atoms with E-state index in [9.17, 15) is 4.79 Å². The van der Waals surface area contributed by atoms with Crippen molar-refractivity contribution < 1.29 is 4.79 Å². The van der Waals surface area contributed by atoms with E-state index in [0.717, 1.165) is 21.1 Å². The minimum Gasteiger partial charge on any atom is -0.345 e. The molecule has 4 heteroatoms. The van der Waals surface area contributed by atoms with Crippen LogP contribution in [0.15, 0.2) is 30.3 Å². The SMILES string of the molecule is C#CCNC(=O)Cc1nc(-c2ccccc2)sc1C. The van der Waals surface area contributed by atoms with Crippen molar-refractivity contribution in [3.05, 3.63) is 40.9 Å². The maximum Gasteiger partial charge on any atom is 0.226 e. The molecule has 19 heavy (non-hydrogen) atoms. The normalized spacial score (nSPS) is 9.89. The summed E-state index contributed by atoms with van der Waals surface area (Å²) in [5.41, 5.74) is 1.89. The van der Waals surface area contributed by atoms with Gasteiger partial charge in [0.1, 0.15) is 5.01 Å². The van der Waals surface area contributed by atoms with Gasteiger partial charge in [0, 0.05) is 10.4 Å². The maximum absolute atomic E-state index is 11.6. The summed E-state index contributed by atoms with van der Waals surface area (Å²) in [5.74, 6) is 2.29. The molecule has 2 aromatic rings. The number of amides is 1. The zero-order valence-corrected chi connectivity index (χ0v) is 11.5. The van der Waals surface area contributed by atoms with E-state index in [-0.39, 0.29) is 18.9 Å². The first-order valence-corrected chi connectivity index (χ1v) is 6.74. The highest BCUT2D eigenvalue weighted by molar-refractivity contribution is 7.15. The minimum absolute atomic E-state index is 0.0917. The molecule has 1 amide bonds. The largest absolute Gasteiger partial charge is 0.345 e. The number of aryl methyl sites for hydroxylation is 1. The van der Waals surface area contributed by atoms with Crippen LogP contribution in [-0.2, 0) is 11.2 Å². The maximum atomic E-state index is 11.6. The summed E-state index contributed by atoms with van der Waals surface area (Å²) in [6.07, 6.45) is 5.38. The fourth-order valence-electron chi connectivity index (χ4n) is 1.66. The third kappa shape index (κ3) is 3.43. The molecule has 0 atom stereocenters. The number of carbonyl (C=O) groups excluding carboxylic acids is 1. The van der Waals surface area contributed by atoms with Crippen molar-refractivity contribution in [3.63, 3.8) is 0 Å². The molecule has 0 fully saturated rings. The minimum atomic E-state index is -0.0917. The van der Waals surface area contributed by atoms with Gasteiger partial charge >= 0.3 is 0 Å². The third-order valence-electron chi connectivity index (χ3n) is 2.63. The molecule has 3 nitrogen and oxygen atoms in total. The Balaban J connectivity index is 2.14. The lowest BCUT2D eigenvalue weighted by Crippen LogP contribution is -2.25. The van der Waals surface area contributed by atoms with Gasteiger partial charge in [-0.1, -0.05) is 36.3 Å². The Morgan fingerprint density at radius 2 is 2.16 bits per heavy atom. The predicted molar refractivity (Wildman–Crippen MR) is 77.8 cm³/mol. The zero-order chi connectivity index (χ0) is 13.7. The topological polar surface area (TPSA) is 42.0 Å². The van der Waals surface area contributed by atoms with Gasteiger partial charge in [0.15, 0.2) is 0 Å². The van der Waals surface area contributed by atoms with E-state index in [1.807, 2.05) is 37.3 Å². The third-order valence-corrected chi connectivity index (χ3v) is 3.69. The van der Waals surface area contributed by atoms with Crippen molar-refractivity contribution in [2.24, 2.45) is 0 Å². The summed E-state index contributed by atoms with van der Waals surface area (Å²) in [4.78, 5) is 17.2. The number of terminal acetylenes is 1. The Bertz CT molecular complexity index is 611. The molecule has 2 rings (SSSR count). The number of rotatable bonds is 4. The highest BCUT2D eigenvalue weighted by Crippen LogP contribution is 2.27. The van der Waals surface area contributed by atoms with Crippen LogP contribution in [0.3, 0.4) is 0 Å². The fourth-order valence-corrected chi connectivity index (χ4v) is 2.60. The predicted octanol–water partition coefficient (Wildman–Crippen LogP) is 2.41. The molecule has 0 spiro atoms. The summed E-state index contributed by atoms with van der Waals surface area (Å²) in [5, 5.41) is 3.59. The summed E-state index contributed by atoms with van der Waals surface area (Å²) in [6.45, 7) is 2.24. The molecular formula is C15H14N2OS. The van der Waals surface area contributed by atoms with Crippen molar-refractivity contribution in [3.8, 4) is 22.9 Å². The molecule has 96 valence electrons. The molecule has 1 aromatic heterocycles. The molecule has 0 unspecified atom stereocenters. The summed E-state index contributed by atoms with van der Waals surface area (Å²) >= 11 is 1.60. The van der Waals surface area contributed by atoms with Gasteiger partial charge in [-0.3, -0.25) is 4.79 Å². The van der Waals surface area contributed by atoms with Crippen molar-refractivity contribution in [1.82, 2.24) is 10.3 Å². The molecule has 0 aliphatic rings. The van der Waals surface area contributed by atoms with Gasteiger partial charge in [-0.2, -0.15) is 0 Å². The average molecular weight is 270 g/mol. The first-order chi connectivity index (χ1) is 9.20. The highest BCUT2D eigenvalue weighted by atomic mass is 32.1. The number of carbonyl (C=O) groups is 1. The first-order valence-electron chi connectivity index (χ1n) is 5.92. The molecule has 0 saturated heterocycles. The van der Waals surface area contributed by atoms with Crippen LogP contribution in [0.2, 0.25) is 0 Å². The Hall–Kier alpha value is -2.12. The number of hydrogen-bond donors (Lipinski definition) is 1. The van der Waals surface area contributed by atoms with Crippen LogP contribution in [0.5, 0.6) is 0 Å². The van der Waals surface area contributed by atoms with Crippen molar-refractivity contribution in [2.45, 2.75) is 13.3 Å². The second kappa shape index (κ2) is 6.17. The van der Waals surface area contributed by atoms with Gasteiger partial charge in [0.25, 0.3) is 0 Å². The van der Waals surface area contributed by atoms with E-state index in [2.05, 4.69) is 16.2 Å². The van der Waals surface area contributed by atoms with Crippen molar-refractivity contribution >= 4 is 17.2 Å². The molecule has 0 aliphatic heterocycles. The highest BCUT2D eigenvalue weighted by Gasteiger charge is 2.12. The Morgan fingerprint density at radius 1 is 1.42 bits per heavy atom. The molecule has 0 radical (unpaired) electrons. The quantitative estimate of drug-likeness (QED) is 0.867. The van der Waals surface area contributed by atoms with E-state index in [4.69, 9.17) is 6.42 Å². The lowest BCUT2D eigenvalue weighted by molar-refractivity contribution is -0.120. The summed E-state index contributed by atoms with van der Waals surface area (Å²) in [6, 6.07) is 9.95. The second-order valence-electron chi connectivity index (χ2n) is 4.05. The Morgan fingerprint density at radius 3 is 2.84 bits per heavy atom. The van der Waals surface area contributed by atoms with Gasteiger partial charge in [-0.15, -0.1) is 17.8 Å². The lowest BCUT2D eigenvalue weighted by atomic mass is 10.2. The van der Waals surface area contributed by atoms with Crippen LogP contribution in [0.25, 0.3) is 10.6 Å². The Labute approximate surface area is 116 Å². The van der Waals surface area contributed by atoms with E-state index in [0.29, 0.717) is 0 Å². The van der Waals surface area contributed by atoms with Gasteiger partial charge in [-0.05, 0) is 6.92 Å². The van der Waals surface area contributed by atoms with Gasteiger partial charge in [0.2, 0.25) is 5.91 Å². The molecule has 1 heterocycles. The zero-order valence-electron chi connectivity index (χ0n) is 10.6. The standard InChI is InChI=1S/C15H14N2OS/c1-3-9-16-14(18)10-13-11(2)19-15(17-13)12-7-5-4-6-8-12/h1,4-8H,9-10H2,2H3,(H,16,18). The van der Waals surface area contributed by atoms with Crippen LogP contribution in [0.1, 0.15) is 10.6 Å². The van der Waals surface area contributed by atoms with E-state index in [1.165, 1.54) is 0 Å². The van der Waals surface area contributed by atoms with Gasteiger partial charge < -0.3 is 5.32 Å². The molecule has 0 bridgehead atoms. The summed E-state index contributed by atoms with van der Waals surface area (Å²) < 4.78 is 0. The number of nitrogens with zero attached hydrogens (tertiary/aromatic N) is 1. The van der Waals surface area contributed by atoms with Crippen molar-refractivity contribution in [2.75, 3.05) is 6.54 Å². The van der Waals surface area contributed by atoms with E-state index >= 15 is 0 Å². The van der Waals surface area contributed by atoms with Gasteiger partial charge in [0.05, 0.1) is 18.7 Å². The number of aromatic nitrogens is 1. The van der Waals surface area contributed by atoms with Crippen LogP contribution < -0.4 is 5.32 Å². The number of nitrogens with one attached hydrogen (secondary N) is 1. The monoisotopic (exact) mass is 270 g/mol. The number of hydrogen-bond acceptors (Lipinski definition) is 3. The number of thiazole rings is 1. The Kier molecular flexibility index (Phi) is 4.32. The summed E-state index contributed by atoms with van der Waals surface area (Å²) in [7, 11) is 0. The molecule has 1 N–H and O–H groups in total. The average Bonchev–Trinajstić information content (AvgIpc) is 2.79.